The number of nitrogens with one attached hydrogen (secondary N) is 1. The molecule has 1 saturated heterocycles. The van der Waals surface area contributed by atoms with Gasteiger partial charge in [-0.3, -0.25) is 9.59 Å². The first-order valence-electron chi connectivity index (χ1n) is 9.25. The quantitative estimate of drug-likeness (QED) is 0.933. The van der Waals surface area contributed by atoms with Crippen LogP contribution in [0.2, 0.25) is 0 Å². The van der Waals surface area contributed by atoms with Crippen LogP contribution in [-0.2, 0) is 16.0 Å². The van der Waals surface area contributed by atoms with Gasteiger partial charge in [0.1, 0.15) is 0 Å². The van der Waals surface area contributed by atoms with Crippen LogP contribution in [0.25, 0.3) is 10.8 Å². The van der Waals surface area contributed by atoms with Crippen LogP contribution in [-0.4, -0.2) is 35.8 Å². The van der Waals surface area contributed by atoms with Gasteiger partial charge in [0, 0.05) is 19.1 Å². The first kappa shape index (κ1) is 16.1. The monoisotopic (exact) mass is 336 g/mol. The third-order valence-electron chi connectivity index (χ3n) is 5.29. The zero-order valence-electron chi connectivity index (χ0n) is 14.4. The van der Waals surface area contributed by atoms with E-state index in [9.17, 15) is 9.59 Å². The molecule has 0 aromatic heterocycles. The number of hydrogen-bond acceptors (Lipinski definition) is 2. The van der Waals surface area contributed by atoms with E-state index in [-0.39, 0.29) is 17.7 Å². The summed E-state index contributed by atoms with van der Waals surface area (Å²) < 4.78 is 0. The van der Waals surface area contributed by atoms with Crippen LogP contribution >= 0.6 is 0 Å². The second-order valence-corrected chi connectivity index (χ2v) is 7.28. The summed E-state index contributed by atoms with van der Waals surface area (Å²) in [6.07, 6.45) is 4.39. The number of fused-ring (bicyclic) bond motifs is 1. The van der Waals surface area contributed by atoms with Crippen molar-refractivity contribution in [1.29, 1.82) is 0 Å². The second kappa shape index (κ2) is 6.87. The van der Waals surface area contributed by atoms with Crippen molar-refractivity contribution in [2.75, 3.05) is 13.1 Å². The molecule has 2 aromatic rings. The van der Waals surface area contributed by atoms with E-state index in [0.29, 0.717) is 19.0 Å². The number of carbonyl (C=O) groups is 2. The van der Waals surface area contributed by atoms with E-state index in [1.165, 1.54) is 0 Å². The molecule has 130 valence electrons. The van der Waals surface area contributed by atoms with Crippen molar-refractivity contribution >= 4 is 22.6 Å². The highest BCUT2D eigenvalue weighted by Crippen LogP contribution is 2.24. The Labute approximate surface area is 148 Å². The third kappa shape index (κ3) is 3.68. The topological polar surface area (TPSA) is 49.4 Å². The molecule has 1 heterocycles. The van der Waals surface area contributed by atoms with E-state index in [0.717, 1.165) is 48.6 Å². The van der Waals surface area contributed by atoms with Gasteiger partial charge in [0.05, 0.1) is 12.3 Å². The highest BCUT2D eigenvalue weighted by molar-refractivity contribution is 5.90. The van der Waals surface area contributed by atoms with Gasteiger partial charge < -0.3 is 10.2 Å². The predicted molar refractivity (Wildman–Crippen MR) is 98.1 cm³/mol. The maximum Gasteiger partial charge on any atom is 0.227 e. The molecule has 0 radical (unpaired) electrons. The van der Waals surface area contributed by atoms with Gasteiger partial charge in [-0.1, -0.05) is 42.5 Å². The summed E-state index contributed by atoms with van der Waals surface area (Å²) in [4.78, 5) is 27.0. The number of hydrogen-bond donors (Lipinski definition) is 1. The smallest absolute Gasteiger partial charge is 0.227 e. The second-order valence-electron chi connectivity index (χ2n) is 7.28. The number of likely N-dealkylation sites (tertiary alicyclic amines) is 1. The standard InChI is InChI=1S/C21H24N2O2/c24-20(13-16-7-3-6-15-5-1-2-9-19(15)16)23-12-4-8-17(14-23)21(25)22-18-10-11-18/h1-3,5-7,9,17-18H,4,8,10-14H2,(H,22,25)/t17-/m0/s1. The van der Waals surface area contributed by atoms with Crippen molar-refractivity contribution in [3.8, 4) is 0 Å². The van der Waals surface area contributed by atoms with E-state index in [1.807, 2.05) is 29.2 Å². The molecule has 4 rings (SSSR count). The molecule has 1 aliphatic heterocycles. The lowest BCUT2D eigenvalue weighted by atomic mass is 9.96. The van der Waals surface area contributed by atoms with E-state index in [1.54, 1.807) is 0 Å². The maximum atomic E-state index is 12.8. The van der Waals surface area contributed by atoms with Crippen LogP contribution in [0.1, 0.15) is 31.2 Å². The molecule has 1 N–H and O–H groups in total. The average molecular weight is 336 g/mol. The fourth-order valence-electron chi connectivity index (χ4n) is 3.69. The maximum absolute atomic E-state index is 12.8. The molecule has 4 nitrogen and oxygen atoms in total. The Bertz CT molecular complexity index is 792. The highest BCUT2D eigenvalue weighted by Gasteiger charge is 2.31. The molecule has 25 heavy (non-hydrogen) atoms. The minimum Gasteiger partial charge on any atom is -0.353 e. The number of benzene rings is 2. The van der Waals surface area contributed by atoms with Gasteiger partial charge in [0.25, 0.3) is 0 Å². The Morgan fingerprint density at radius 3 is 2.68 bits per heavy atom. The minimum absolute atomic E-state index is 0.0502. The van der Waals surface area contributed by atoms with Crippen molar-refractivity contribution in [3.05, 3.63) is 48.0 Å². The first-order chi connectivity index (χ1) is 12.2. The molecule has 1 atom stereocenters. The van der Waals surface area contributed by atoms with Crippen molar-refractivity contribution in [3.63, 3.8) is 0 Å². The summed E-state index contributed by atoms with van der Waals surface area (Å²) >= 11 is 0. The van der Waals surface area contributed by atoms with Crippen LogP contribution in [0.4, 0.5) is 0 Å². The van der Waals surface area contributed by atoms with Crippen LogP contribution in [0.15, 0.2) is 42.5 Å². The number of nitrogens with zero attached hydrogens (tertiary/aromatic N) is 1. The Morgan fingerprint density at radius 2 is 1.84 bits per heavy atom. The Balaban J connectivity index is 1.44. The predicted octanol–water partition coefficient (Wildman–Crippen LogP) is 2.90. The molecule has 1 aliphatic carbocycles. The number of piperidine rings is 1. The van der Waals surface area contributed by atoms with Gasteiger partial charge in [0.15, 0.2) is 0 Å². The summed E-state index contributed by atoms with van der Waals surface area (Å²) in [5, 5.41) is 5.38. The lowest BCUT2D eigenvalue weighted by molar-refractivity contribution is -0.135. The highest BCUT2D eigenvalue weighted by atomic mass is 16.2. The molecule has 1 saturated carbocycles. The minimum atomic E-state index is -0.0502. The van der Waals surface area contributed by atoms with Crippen molar-refractivity contribution in [2.45, 2.75) is 38.1 Å². The van der Waals surface area contributed by atoms with Gasteiger partial charge >= 0.3 is 0 Å². The number of rotatable bonds is 4. The van der Waals surface area contributed by atoms with E-state index >= 15 is 0 Å². The molecule has 4 heteroatoms. The number of amides is 2. The van der Waals surface area contributed by atoms with Crippen LogP contribution in [0.5, 0.6) is 0 Å². The molecular weight excluding hydrogens is 312 g/mol. The average Bonchev–Trinajstić information content (AvgIpc) is 3.46. The molecule has 2 fully saturated rings. The third-order valence-corrected chi connectivity index (χ3v) is 5.29. The van der Waals surface area contributed by atoms with E-state index in [4.69, 9.17) is 0 Å². The van der Waals surface area contributed by atoms with Gasteiger partial charge in [-0.15, -0.1) is 0 Å². The Morgan fingerprint density at radius 1 is 1.04 bits per heavy atom. The van der Waals surface area contributed by atoms with E-state index < -0.39 is 0 Å². The molecule has 0 bridgehead atoms. The summed E-state index contributed by atoms with van der Waals surface area (Å²) in [6.45, 7) is 1.32. The zero-order valence-corrected chi connectivity index (χ0v) is 14.4. The van der Waals surface area contributed by atoms with Gasteiger partial charge in [0.2, 0.25) is 11.8 Å². The van der Waals surface area contributed by atoms with Gasteiger partial charge in [-0.2, -0.15) is 0 Å². The molecule has 2 aromatic carbocycles. The summed E-state index contributed by atoms with van der Waals surface area (Å²) in [6, 6.07) is 14.7. The normalized spacial score (nSPS) is 20.5. The summed E-state index contributed by atoms with van der Waals surface area (Å²) in [5.74, 6) is 0.205. The largest absolute Gasteiger partial charge is 0.353 e. The first-order valence-corrected chi connectivity index (χ1v) is 9.25. The van der Waals surface area contributed by atoms with Crippen molar-refractivity contribution in [2.24, 2.45) is 5.92 Å². The fraction of sp³-hybridized carbons (Fsp3) is 0.429. The van der Waals surface area contributed by atoms with Crippen molar-refractivity contribution in [1.82, 2.24) is 10.2 Å². The summed E-state index contributed by atoms with van der Waals surface area (Å²) in [7, 11) is 0. The molecular formula is C21H24N2O2. The van der Waals surface area contributed by atoms with Crippen LogP contribution in [0, 0.1) is 5.92 Å². The zero-order chi connectivity index (χ0) is 17.2. The number of carbonyl (C=O) groups excluding carboxylic acids is 2. The lowest BCUT2D eigenvalue weighted by Crippen LogP contribution is -2.46. The Hall–Kier alpha value is -2.36. The van der Waals surface area contributed by atoms with Gasteiger partial charge in [-0.25, -0.2) is 0 Å². The molecule has 0 unspecified atom stereocenters. The Kier molecular flexibility index (Phi) is 4.43. The molecule has 0 spiro atoms. The molecule has 2 amide bonds. The molecule has 2 aliphatic rings. The van der Waals surface area contributed by atoms with Crippen LogP contribution < -0.4 is 5.32 Å². The summed E-state index contributed by atoms with van der Waals surface area (Å²) in [5.41, 5.74) is 1.06. The van der Waals surface area contributed by atoms with Crippen molar-refractivity contribution < 1.29 is 9.59 Å². The van der Waals surface area contributed by atoms with Gasteiger partial charge in [-0.05, 0) is 42.0 Å². The lowest BCUT2D eigenvalue weighted by Gasteiger charge is -2.32. The SMILES string of the molecule is O=C(NC1CC1)[C@H]1CCCN(C(=O)Cc2cccc3ccccc23)C1. The van der Waals surface area contributed by atoms with E-state index in [2.05, 4.69) is 23.5 Å². The fourth-order valence-corrected chi connectivity index (χ4v) is 3.69. The van der Waals surface area contributed by atoms with Crippen LogP contribution in [0.3, 0.4) is 0 Å².